The Bertz CT molecular complexity index is 1110. The van der Waals surface area contributed by atoms with Gasteiger partial charge in [-0.2, -0.15) is 0 Å². The third-order valence-corrected chi connectivity index (χ3v) is 7.55. The monoisotopic (exact) mass is 528 g/mol. The van der Waals surface area contributed by atoms with Gasteiger partial charge in [-0.3, -0.25) is 9.59 Å². The van der Waals surface area contributed by atoms with E-state index in [1.165, 1.54) is 5.56 Å². The van der Waals surface area contributed by atoms with Gasteiger partial charge in [0.2, 0.25) is 5.91 Å². The first kappa shape index (κ1) is 27.2. The minimum atomic E-state index is -0.923. The van der Waals surface area contributed by atoms with E-state index in [9.17, 15) is 14.7 Å². The van der Waals surface area contributed by atoms with Gasteiger partial charge < -0.3 is 25.4 Å². The number of aromatic nitrogens is 1. The molecular weight excluding hydrogens is 492 g/mol. The molecular formula is C28H37ClN4O4. The lowest BCUT2D eigenvalue weighted by Crippen LogP contribution is -2.44. The number of piperidine rings is 1. The van der Waals surface area contributed by atoms with E-state index in [1.807, 2.05) is 18.2 Å². The van der Waals surface area contributed by atoms with Gasteiger partial charge in [0.15, 0.2) is 0 Å². The summed E-state index contributed by atoms with van der Waals surface area (Å²) in [4.78, 5) is 31.9. The molecule has 2 aromatic rings. The summed E-state index contributed by atoms with van der Waals surface area (Å²) in [5.41, 5.74) is 4.33. The molecule has 37 heavy (non-hydrogen) atoms. The molecule has 1 aromatic carbocycles. The molecule has 0 bridgehead atoms. The average Bonchev–Trinajstić information content (AvgIpc) is 3.36. The second-order valence-corrected chi connectivity index (χ2v) is 10.2. The van der Waals surface area contributed by atoms with Gasteiger partial charge in [0.1, 0.15) is 11.6 Å². The molecule has 5 rings (SSSR count). The highest BCUT2D eigenvalue weighted by molar-refractivity contribution is 5.85. The first-order valence-corrected chi connectivity index (χ1v) is 13.3. The van der Waals surface area contributed by atoms with E-state index >= 15 is 0 Å². The van der Waals surface area contributed by atoms with Gasteiger partial charge >= 0.3 is 5.97 Å². The number of ether oxygens (including phenoxy) is 1. The van der Waals surface area contributed by atoms with Crippen LogP contribution in [0.1, 0.15) is 60.5 Å². The number of amides is 1. The fourth-order valence-electron chi connectivity index (χ4n) is 5.60. The van der Waals surface area contributed by atoms with Crippen LogP contribution >= 0.6 is 12.4 Å². The maximum Gasteiger partial charge on any atom is 0.305 e. The number of hydrogen-bond donors (Lipinski definition) is 3. The van der Waals surface area contributed by atoms with E-state index in [2.05, 4.69) is 27.7 Å². The number of aliphatic carboxylic acids is 1. The number of carboxylic acid groups (broad SMARTS) is 1. The van der Waals surface area contributed by atoms with E-state index < -0.39 is 12.0 Å². The van der Waals surface area contributed by atoms with Crippen LogP contribution in [0.2, 0.25) is 0 Å². The van der Waals surface area contributed by atoms with Gasteiger partial charge in [-0.15, -0.1) is 12.4 Å². The van der Waals surface area contributed by atoms with Gasteiger partial charge in [0.05, 0.1) is 25.0 Å². The Morgan fingerprint density at radius 1 is 1.19 bits per heavy atom. The van der Waals surface area contributed by atoms with E-state index in [0.717, 1.165) is 93.0 Å². The van der Waals surface area contributed by atoms with Crippen LogP contribution in [0.4, 0.5) is 5.82 Å². The molecule has 0 radical (unpaired) electrons. The second-order valence-electron chi connectivity index (χ2n) is 10.2. The maximum absolute atomic E-state index is 13.2. The first-order valence-electron chi connectivity index (χ1n) is 13.3. The number of hydrogen-bond acceptors (Lipinski definition) is 6. The smallest absolute Gasteiger partial charge is 0.305 e. The van der Waals surface area contributed by atoms with E-state index in [0.29, 0.717) is 13.2 Å². The van der Waals surface area contributed by atoms with E-state index in [-0.39, 0.29) is 30.7 Å². The zero-order chi connectivity index (χ0) is 24.9. The molecule has 1 amide bonds. The van der Waals surface area contributed by atoms with E-state index in [1.54, 1.807) is 0 Å². The third kappa shape index (κ3) is 6.93. The molecule has 0 spiro atoms. The van der Waals surface area contributed by atoms with Crippen LogP contribution in [0.15, 0.2) is 30.3 Å². The number of nitrogens with zero attached hydrogens (tertiary/aromatic N) is 2. The van der Waals surface area contributed by atoms with Crippen molar-refractivity contribution >= 4 is 30.1 Å². The summed E-state index contributed by atoms with van der Waals surface area (Å²) in [7, 11) is 0. The number of carboxylic acids is 1. The van der Waals surface area contributed by atoms with Crippen LogP contribution in [-0.4, -0.2) is 59.7 Å². The zero-order valence-corrected chi connectivity index (χ0v) is 22.0. The van der Waals surface area contributed by atoms with Crippen LogP contribution in [0.3, 0.4) is 0 Å². The number of anilines is 1. The van der Waals surface area contributed by atoms with Crippen molar-refractivity contribution in [3.8, 4) is 5.75 Å². The van der Waals surface area contributed by atoms with Crippen molar-refractivity contribution in [2.24, 2.45) is 5.92 Å². The molecule has 3 aliphatic rings. The summed E-state index contributed by atoms with van der Waals surface area (Å²) >= 11 is 0. The Morgan fingerprint density at radius 3 is 2.95 bits per heavy atom. The van der Waals surface area contributed by atoms with Crippen LogP contribution in [0.5, 0.6) is 5.75 Å². The van der Waals surface area contributed by atoms with Crippen molar-refractivity contribution in [1.29, 1.82) is 0 Å². The molecule has 200 valence electrons. The normalized spacial score (nSPS) is 19.4. The summed E-state index contributed by atoms with van der Waals surface area (Å²) in [6.45, 7) is 4.27. The fraction of sp³-hybridized carbons (Fsp3) is 0.536. The molecule has 1 saturated heterocycles. The van der Waals surface area contributed by atoms with Crippen molar-refractivity contribution in [2.75, 3.05) is 38.1 Å². The highest BCUT2D eigenvalue weighted by Crippen LogP contribution is 2.30. The fourth-order valence-corrected chi connectivity index (χ4v) is 5.60. The van der Waals surface area contributed by atoms with Crippen molar-refractivity contribution in [3.63, 3.8) is 0 Å². The predicted molar refractivity (Wildman–Crippen MR) is 145 cm³/mol. The number of carbonyl (C=O) groups excluding carboxylic acids is 1. The number of likely N-dealkylation sites (tertiary alicyclic amines) is 1. The summed E-state index contributed by atoms with van der Waals surface area (Å²) in [6, 6.07) is 9.54. The maximum atomic E-state index is 13.2. The first-order chi connectivity index (χ1) is 17.5. The number of halogens is 1. The van der Waals surface area contributed by atoms with Crippen molar-refractivity contribution in [3.05, 3.63) is 52.7 Å². The molecule has 0 saturated carbocycles. The highest BCUT2D eigenvalue weighted by Gasteiger charge is 2.29. The standard InChI is InChI=1S/C28H36N4O4.ClH/c33-26(34)17-24(20-8-10-25-21(16-20)11-15-36-25)31-28(35)22-5-2-13-32(18-22)14-3-6-23-9-7-19-4-1-12-29-27(19)30-23;/h7-10,16,22,24H,1-6,11-15,17-18H2,(H,29,30)(H,31,35)(H,33,34);1H. The van der Waals surface area contributed by atoms with Crippen LogP contribution in [-0.2, 0) is 28.9 Å². The summed E-state index contributed by atoms with van der Waals surface area (Å²) in [5.74, 6) is 0.793. The largest absolute Gasteiger partial charge is 0.493 e. The lowest BCUT2D eigenvalue weighted by Gasteiger charge is -2.33. The van der Waals surface area contributed by atoms with Gasteiger partial charge in [-0.1, -0.05) is 12.1 Å². The zero-order valence-electron chi connectivity index (χ0n) is 21.2. The van der Waals surface area contributed by atoms with Crippen molar-refractivity contribution < 1.29 is 19.4 Å². The topological polar surface area (TPSA) is 104 Å². The van der Waals surface area contributed by atoms with Crippen LogP contribution < -0.4 is 15.4 Å². The lowest BCUT2D eigenvalue weighted by atomic mass is 9.94. The number of pyridine rings is 1. The predicted octanol–water partition coefficient (Wildman–Crippen LogP) is 3.77. The molecule has 2 atom stereocenters. The molecule has 0 aliphatic carbocycles. The SMILES string of the molecule is Cl.O=C(O)CC(NC(=O)C1CCCN(CCCc2ccc3c(n2)NCCC3)C1)c1ccc2c(c1)CCO2. The molecule has 8 nitrogen and oxygen atoms in total. The Morgan fingerprint density at radius 2 is 2.08 bits per heavy atom. The van der Waals surface area contributed by atoms with Crippen molar-refractivity contribution in [1.82, 2.24) is 15.2 Å². The number of carbonyl (C=O) groups is 2. The van der Waals surface area contributed by atoms with Gasteiger partial charge in [0, 0.05) is 25.2 Å². The number of aryl methyl sites for hydroxylation is 2. The molecule has 3 N–H and O–H groups in total. The Hall–Kier alpha value is -2.84. The summed E-state index contributed by atoms with van der Waals surface area (Å²) in [5, 5.41) is 15.9. The molecule has 3 aliphatic heterocycles. The Labute approximate surface area is 224 Å². The molecule has 9 heteroatoms. The van der Waals surface area contributed by atoms with Crippen LogP contribution in [0.25, 0.3) is 0 Å². The highest BCUT2D eigenvalue weighted by atomic mass is 35.5. The number of rotatable bonds is 9. The van der Waals surface area contributed by atoms with Crippen LogP contribution in [0, 0.1) is 5.92 Å². The molecule has 1 aromatic heterocycles. The molecule has 1 fully saturated rings. The molecule has 2 unspecified atom stereocenters. The Kier molecular flexibility index (Phi) is 9.27. The van der Waals surface area contributed by atoms with Gasteiger partial charge in [0.25, 0.3) is 0 Å². The minimum Gasteiger partial charge on any atom is -0.493 e. The number of nitrogens with one attached hydrogen (secondary N) is 2. The number of fused-ring (bicyclic) bond motifs is 2. The number of benzene rings is 1. The van der Waals surface area contributed by atoms with Crippen molar-refractivity contribution in [2.45, 2.75) is 57.4 Å². The summed E-state index contributed by atoms with van der Waals surface area (Å²) in [6.07, 6.45) is 6.66. The third-order valence-electron chi connectivity index (χ3n) is 7.55. The van der Waals surface area contributed by atoms with Gasteiger partial charge in [-0.25, -0.2) is 4.98 Å². The van der Waals surface area contributed by atoms with E-state index in [4.69, 9.17) is 9.72 Å². The minimum absolute atomic E-state index is 0. The molecule has 4 heterocycles. The lowest BCUT2D eigenvalue weighted by molar-refractivity contribution is -0.138. The van der Waals surface area contributed by atoms with Gasteiger partial charge in [-0.05, 0) is 86.5 Å². The Balaban J connectivity index is 0.00000320. The quantitative estimate of drug-likeness (QED) is 0.455. The average molecular weight is 529 g/mol. The second kappa shape index (κ2) is 12.6. The summed E-state index contributed by atoms with van der Waals surface area (Å²) < 4.78 is 5.57.